The molecule has 174 valence electrons. The van der Waals surface area contributed by atoms with E-state index in [1.165, 1.54) is 12.8 Å². The van der Waals surface area contributed by atoms with E-state index in [9.17, 15) is 4.79 Å². The van der Waals surface area contributed by atoms with Gasteiger partial charge in [0.1, 0.15) is 12.4 Å². The molecule has 0 radical (unpaired) electrons. The van der Waals surface area contributed by atoms with Crippen LogP contribution in [0.25, 0.3) is 0 Å². The van der Waals surface area contributed by atoms with Crippen molar-refractivity contribution in [3.05, 3.63) is 42.0 Å². The lowest BCUT2D eigenvalue weighted by molar-refractivity contribution is -0.146. The van der Waals surface area contributed by atoms with E-state index in [0.717, 1.165) is 63.0 Å². The summed E-state index contributed by atoms with van der Waals surface area (Å²) < 4.78 is 6.88. The van der Waals surface area contributed by atoms with Gasteiger partial charge < -0.3 is 24.4 Å². The molecule has 0 spiro atoms. The number of aliphatic imine (C=N–C) groups is 1. The van der Waals surface area contributed by atoms with E-state index >= 15 is 0 Å². The van der Waals surface area contributed by atoms with Crippen molar-refractivity contribution in [2.75, 3.05) is 45.2 Å². The number of aryl methyl sites for hydroxylation is 1. The fourth-order valence-electron chi connectivity index (χ4n) is 3.82. The number of hydrogen-bond donors (Lipinski definition) is 1. The van der Waals surface area contributed by atoms with Gasteiger partial charge in [-0.1, -0.05) is 18.2 Å². The molecular weight excluding hydrogens is 406 g/mol. The zero-order chi connectivity index (χ0) is 22.9. The maximum atomic E-state index is 11.9. The molecule has 1 aliphatic rings. The molecule has 2 heterocycles. The first-order chi connectivity index (χ1) is 15.5. The van der Waals surface area contributed by atoms with E-state index in [1.807, 2.05) is 24.6 Å². The molecule has 0 saturated carbocycles. The average Bonchev–Trinajstić information content (AvgIpc) is 3.16. The lowest BCUT2D eigenvalue weighted by Gasteiger charge is -2.33. The minimum Gasteiger partial charge on any atom is -0.469 e. The molecule has 1 aromatic carbocycles. The number of guanidine groups is 1. The highest BCUT2D eigenvalue weighted by molar-refractivity contribution is 5.80. The lowest BCUT2D eigenvalue weighted by Crippen LogP contribution is -2.47. The summed E-state index contributed by atoms with van der Waals surface area (Å²) in [5, 5.41) is 11.9. The third kappa shape index (κ3) is 6.21. The summed E-state index contributed by atoms with van der Waals surface area (Å²) in [6.45, 7) is 5.68. The number of carbonyl (C=O) groups is 1. The van der Waals surface area contributed by atoms with E-state index in [0.29, 0.717) is 6.54 Å². The Morgan fingerprint density at radius 3 is 2.59 bits per heavy atom. The quantitative estimate of drug-likeness (QED) is 0.290. The normalized spacial score (nSPS) is 15.0. The van der Waals surface area contributed by atoms with Gasteiger partial charge in [0, 0.05) is 46.0 Å². The third-order valence-electron chi connectivity index (χ3n) is 6.03. The first kappa shape index (κ1) is 23.6. The number of methoxy groups -OCH3 is 1. The van der Waals surface area contributed by atoms with Crippen LogP contribution in [-0.2, 0) is 23.1 Å². The Kier molecular flexibility index (Phi) is 8.47. The number of nitrogens with one attached hydrogen (secondary N) is 1. The second kappa shape index (κ2) is 11.5. The van der Waals surface area contributed by atoms with Crippen LogP contribution in [0.15, 0.2) is 35.3 Å². The zero-order valence-electron chi connectivity index (χ0n) is 19.6. The van der Waals surface area contributed by atoms with Crippen molar-refractivity contribution < 1.29 is 9.53 Å². The van der Waals surface area contributed by atoms with Gasteiger partial charge in [0.05, 0.1) is 13.0 Å². The van der Waals surface area contributed by atoms with Crippen LogP contribution in [0, 0.1) is 12.8 Å². The van der Waals surface area contributed by atoms with Crippen LogP contribution >= 0.6 is 0 Å². The number of anilines is 1. The van der Waals surface area contributed by atoms with Gasteiger partial charge in [-0.3, -0.25) is 4.79 Å². The van der Waals surface area contributed by atoms with Crippen LogP contribution in [-0.4, -0.2) is 71.9 Å². The molecule has 0 bridgehead atoms. The van der Waals surface area contributed by atoms with Crippen LogP contribution in [0.4, 0.5) is 5.69 Å². The Morgan fingerprint density at radius 2 is 1.97 bits per heavy atom. The number of benzene rings is 1. The molecule has 3 rings (SSSR count). The van der Waals surface area contributed by atoms with Crippen molar-refractivity contribution in [1.82, 2.24) is 25.0 Å². The highest BCUT2D eigenvalue weighted by Gasteiger charge is 2.27. The molecule has 0 unspecified atom stereocenters. The SMILES string of the molecule is COC(=O)C1CCN(C(=NCc2nnc(C)n2C)NCCCN(C)c2ccccc2)CC1. The van der Waals surface area contributed by atoms with Crippen LogP contribution in [0.3, 0.4) is 0 Å². The third-order valence-corrected chi connectivity index (χ3v) is 6.03. The Labute approximate surface area is 190 Å². The number of hydrogen-bond acceptors (Lipinski definition) is 6. The topological polar surface area (TPSA) is 87.9 Å². The van der Waals surface area contributed by atoms with E-state index in [2.05, 4.69) is 56.6 Å². The van der Waals surface area contributed by atoms with E-state index in [1.54, 1.807) is 0 Å². The summed E-state index contributed by atoms with van der Waals surface area (Å²) >= 11 is 0. The summed E-state index contributed by atoms with van der Waals surface area (Å²) in [5.74, 6) is 2.41. The molecule has 1 fully saturated rings. The van der Waals surface area contributed by atoms with Gasteiger partial charge in [0.25, 0.3) is 0 Å². The first-order valence-electron chi connectivity index (χ1n) is 11.2. The second-order valence-electron chi connectivity index (χ2n) is 8.18. The fraction of sp³-hybridized carbons (Fsp3) is 0.565. The van der Waals surface area contributed by atoms with Gasteiger partial charge in [-0.05, 0) is 38.3 Å². The highest BCUT2D eigenvalue weighted by atomic mass is 16.5. The number of carbonyl (C=O) groups excluding carboxylic acids is 1. The molecule has 0 aliphatic carbocycles. The average molecular weight is 442 g/mol. The van der Waals surface area contributed by atoms with Crippen molar-refractivity contribution in [2.24, 2.45) is 18.0 Å². The largest absolute Gasteiger partial charge is 0.469 e. The first-order valence-corrected chi connectivity index (χ1v) is 11.2. The molecule has 9 heteroatoms. The molecule has 9 nitrogen and oxygen atoms in total. The molecule has 1 aromatic heterocycles. The second-order valence-corrected chi connectivity index (χ2v) is 8.18. The van der Waals surface area contributed by atoms with E-state index in [4.69, 9.17) is 9.73 Å². The van der Waals surface area contributed by atoms with E-state index < -0.39 is 0 Å². The minimum absolute atomic E-state index is 0.0292. The number of nitrogens with zero attached hydrogens (tertiary/aromatic N) is 6. The van der Waals surface area contributed by atoms with Gasteiger partial charge in [-0.15, -0.1) is 10.2 Å². The van der Waals surface area contributed by atoms with Crippen molar-refractivity contribution in [3.8, 4) is 0 Å². The zero-order valence-corrected chi connectivity index (χ0v) is 19.6. The molecule has 2 aromatic rings. The molecule has 0 atom stereocenters. The number of para-hydroxylation sites is 1. The van der Waals surface area contributed by atoms with Gasteiger partial charge in [0.2, 0.25) is 0 Å². The summed E-state index contributed by atoms with van der Waals surface area (Å²) in [5.41, 5.74) is 1.21. The standard InChI is InChI=1S/C23H35N7O2/c1-18-26-27-21(29(18)3)17-25-23(30-15-11-19(12-16-30)22(31)32-4)24-13-8-14-28(2)20-9-6-5-7-10-20/h5-7,9-10,19H,8,11-17H2,1-4H3,(H,24,25). The maximum absolute atomic E-state index is 11.9. The number of likely N-dealkylation sites (tertiary alicyclic amines) is 1. The summed E-state index contributed by atoms with van der Waals surface area (Å²) in [7, 11) is 5.52. The highest BCUT2D eigenvalue weighted by Crippen LogP contribution is 2.19. The Hall–Kier alpha value is -3.10. The fourth-order valence-corrected chi connectivity index (χ4v) is 3.82. The number of piperidine rings is 1. The molecule has 32 heavy (non-hydrogen) atoms. The van der Waals surface area contributed by atoms with Crippen LogP contribution in [0.2, 0.25) is 0 Å². The van der Waals surface area contributed by atoms with Crippen LogP contribution < -0.4 is 10.2 Å². The number of aromatic nitrogens is 3. The predicted octanol–water partition coefficient (Wildman–Crippen LogP) is 1.98. The maximum Gasteiger partial charge on any atom is 0.308 e. The van der Waals surface area contributed by atoms with Crippen LogP contribution in [0.5, 0.6) is 0 Å². The summed E-state index contributed by atoms with van der Waals surface area (Å²) in [6, 6.07) is 10.4. The van der Waals surface area contributed by atoms with Gasteiger partial charge in [-0.25, -0.2) is 4.99 Å². The predicted molar refractivity (Wildman–Crippen MR) is 126 cm³/mol. The minimum atomic E-state index is -0.116. The monoisotopic (exact) mass is 441 g/mol. The van der Waals surface area contributed by atoms with Crippen molar-refractivity contribution in [3.63, 3.8) is 0 Å². The summed E-state index contributed by atoms with van der Waals surface area (Å²) in [6.07, 6.45) is 2.52. The molecule has 1 aliphatic heterocycles. The molecule has 1 saturated heterocycles. The summed E-state index contributed by atoms with van der Waals surface area (Å²) in [4.78, 5) is 21.2. The Bertz CT molecular complexity index is 889. The number of ether oxygens (including phenoxy) is 1. The molecular formula is C23H35N7O2. The van der Waals surface area contributed by atoms with Gasteiger partial charge >= 0.3 is 5.97 Å². The van der Waals surface area contributed by atoms with E-state index in [-0.39, 0.29) is 11.9 Å². The van der Waals surface area contributed by atoms with Crippen LogP contribution in [0.1, 0.15) is 30.9 Å². The smallest absolute Gasteiger partial charge is 0.308 e. The number of esters is 1. The van der Waals surface area contributed by atoms with Gasteiger partial charge in [0.15, 0.2) is 11.8 Å². The Morgan fingerprint density at radius 1 is 1.25 bits per heavy atom. The van der Waals surface area contributed by atoms with Gasteiger partial charge in [-0.2, -0.15) is 0 Å². The van der Waals surface area contributed by atoms with Crippen molar-refractivity contribution in [2.45, 2.75) is 32.7 Å². The lowest BCUT2D eigenvalue weighted by atomic mass is 9.97. The Balaban J connectivity index is 1.58. The van der Waals surface area contributed by atoms with Crippen molar-refractivity contribution in [1.29, 1.82) is 0 Å². The molecule has 0 amide bonds. The van der Waals surface area contributed by atoms with Crippen molar-refractivity contribution >= 4 is 17.6 Å². The number of rotatable bonds is 8. The molecule has 1 N–H and O–H groups in total.